The molecule has 88 valence electrons. The first kappa shape index (κ1) is 12.1. The number of nitrogens with one attached hydrogen (secondary N) is 1. The second-order valence-electron chi connectivity index (χ2n) is 4.88. The van der Waals surface area contributed by atoms with Crippen LogP contribution in [0.25, 0.3) is 0 Å². The summed E-state index contributed by atoms with van der Waals surface area (Å²) in [6.07, 6.45) is 5.37. The summed E-state index contributed by atoms with van der Waals surface area (Å²) >= 11 is 3.59. The Kier molecular flexibility index (Phi) is 4.42. The van der Waals surface area contributed by atoms with Crippen molar-refractivity contribution in [3.05, 3.63) is 34.3 Å². The number of hydrogen-bond donors (Lipinski definition) is 1. The van der Waals surface area contributed by atoms with E-state index in [1.54, 1.807) is 0 Å². The standard InChI is InChI=1S/C14H20BrN/c1-11(10-12-6-7-12)16-9-8-13-4-2-3-5-14(13)15/h2-5,11-12,16H,6-10H2,1H3. The van der Waals surface area contributed by atoms with Crippen LogP contribution < -0.4 is 5.32 Å². The number of benzene rings is 1. The fraction of sp³-hybridized carbons (Fsp3) is 0.571. The summed E-state index contributed by atoms with van der Waals surface area (Å²) in [6.45, 7) is 3.38. The van der Waals surface area contributed by atoms with Gasteiger partial charge in [-0.05, 0) is 43.9 Å². The molecule has 0 bridgehead atoms. The number of halogens is 1. The summed E-state index contributed by atoms with van der Waals surface area (Å²) in [6, 6.07) is 9.15. The van der Waals surface area contributed by atoms with Crippen LogP contribution in [0.5, 0.6) is 0 Å². The topological polar surface area (TPSA) is 12.0 Å². The Labute approximate surface area is 107 Å². The molecule has 1 atom stereocenters. The third kappa shape index (κ3) is 3.91. The van der Waals surface area contributed by atoms with Gasteiger partial charge >= 0.3 is 0 Å². The van der Waals surface area contributed by atoms with Crippen molar-refractivity contribution in [1.29, 1.82) is 0 Å². The van der Waals surface area contributed by atoms with Crippen molar-refractivity contribution in [2.45, 2.75) is 38.6 Å². The fourth-order valence-electron chi connectivity index (χ4n) is 2.09. The van der Waals surface area contributed by atoms with Crippen LogP contribution >= 0.6 is 15.9 Å². The van der Waals surface area contributed by atoms with Gasteiger partial charge in [-0.25, -0.2) is 0 Å². The average Bonchev–Trinajstić information content (AvgIpc) is 3.05. The van der Waals surface area contributed by atoms with Crippen molar-refractivity contribution in [3.63, 3.8) is 0 Å². The van der Waals surface area contributed by atoms with Crippen molar-refractivity contribution in [3.8, 4) is 0 Å². The first-order valence-corrected chi connectivity index (χ1v) is 7.02. The van der Waals surface area contributed by atoms with Gasteiger partial charge in [-0.2, -0.15) is 0 Å². The lowest BCUT2D eigenvalue weighted by atomic mass is 10.1. The highest BCUT2D eigenvalue weighted by Gasteiger charge is 2.23. The van der Waals surface area contributed by atoms with Gasteiger partial charge in [0.1, 0.15) is 0 Å². The Morgan fingerprint density at radius 3 is 2.81 bits per heavy atom. The van der Waals surface area contributed by atoms with Crippen LogP contribution in [0.2, 0.25) is 0 Å². The largest absolute Gasteiger partial charge is 0.314 e. The van der Waals surface area contributed by atoms with E-state index in [1.807, 2.05) is 0 Å². The van der Waals surface area contributed by atoms with Gasteiger partial charge in [0.2, 0.25) is 0 Å². The summed E-state index contributed by atoms with van der Waals surface area (Å²) in [7, 11) is 0. The Hall–Kier alpha value is -0.340. The van der Waals surface area contributed by atoms with Crippen molar-refractivity contribution in [2.24, 2.45) is 5.92 Å². The molecule has 1 N–H and O–H groups in total. The van der Waals surface area contributed by atoms with Gasteiger partial charge in [0.05, 0.1) is 0 Å². The predicted molar refractivity (Wildman–Crippen MR) is 72.7 cm³/mol. The van der Waals surface area contributed by atoms with Crippen LogP contribution in [-0.4, -0.2) is 12.6 Å². The highest BCUT2D eigenvalue weighted by molar-refractivity contribution is 9.10. The Bertz CT molecular complexity index is 333. The first-order chi connectivity index (χ1) is 7.75. The normalized spacial score (nSPS) is 17.4. The quantitative estimate of drug-likeness (QED) is 0.837. The zero-order chi connectivity index (χ0) is 11.4. The molecule has 0 aromatic heterocycles. The molecule has 1 aliphatic rings. The fourth-order valence-corrected chi connectivity index (χ4v) is 2.57. The third-order valence-electron chi connectivity index (χ3n) is 3.23. The Morgan fingerprint density at radius 2 is 2.12 bits per heavy atom. The molecular weight excluding hydrogens is 262 g/mol. The Morgan fingerprint density at radius 1 is 1.38 bits per heavy atom. The van der Waals surface area contributed by atoms with E-state index in [1.165, 1.54) is 29.3 Å². The van der Waals surface area contributed by atoms with Gasteiger partial charge in [-0.3, -0.25) is 0 Å². The summed E-state index contributed by atoms with van der Waals surface area (Å²) in [5.41, 5.74) is 1.40. The molecule has 0 spiro atoms. The number of hydrogen-bond acceptors (Lipinski definition) is 1. The highest BCUT2D eigenvalue weighted by Crippen LogP contribution is 2.33. The van der Waals surface area contributed by atoms with Crippen molar-refractivity contribution < 1.29 is 0 Å². The van der Waals surface area contributed by atoms with E-state index < -0.39 is 0 Å². The second kappa shape index (κ2) is 5.83. The summed E-state index contributed by atoms with van der Waals surface area (Å²) in [5, 5.41) is 3.61. The molecule has 2 heteroatoms. The van der Waals surface area contributed by atoms with E-state index in [0.29, 0.717) is 6.04 Å². The summed E-state index contributed by atoms with van der Waals surface area (Å²) < 4.78 is 1.23. The molecule has 1 saturated carbocycles. The average molecular weight is 282 g/mol. The molecule has 1 nitrogen and oxygen atoms in total. The van der Waals surface area contributed by atoms with Crippen molar-refractivity contribution in [1.82, 2.24) is 5.32 Å². The van der Waals surface area contributed by atoms with Crippen LogP contribution in [0.1, 0.15) is 31.7 Å². The molecule has 2 rings (SSSR count). The van der Waals surface area contributed by atoms with Gasteiger partial charge in [0, 0.05) is 10.5 Å². The highest BCUT2D eigenvalue weighted by atomic mass is 79.9. The molecule has 1 unspecified atom stereocenters. The molecule has 0 heterocycles. The molecule has 1 aromatic carbocycles. The van der Waals surface area contributed by atoms with Crippen LogP contribution in [0, 0.1) is 5.92 Å². The van der Waals surface area contributed by atoms with Gasteiger partial charge in [0.25, 0.3) is 0 Å². The number of rotatable bonds is 6. The molecule has 16 heavy (non-hydrogen) atoms. The smallest absolute Gasteiger partial charge is 0.0207 e. The zero-order valence-electron chi connectivity index (χ0n) is 9.88. The van der Waals surface area contributed by atoms with E-state index in [-0.39, 0.29) is 0 Å². The lowest BCUT2D eigenvalue weighted by Crippen LogP contribution is -2.28. The third-order valence-corrected chi connectivity index (χ3v) is 4.00. The van der Waals surface area contributed by atoms with Gasteiger partial charge in [-0.15, -0.1) is 0 Å². The van der Waals surface area contributed by atoms with Gasteiger partial charge in [-0.1, -0.05) is 47.0 Å². The minimum absolute atomic E-state index is 0.676. The van der Waals surface area contributed by atoms with Crippen LogP contribution in [0.4, 0.5) is 0 Å². The SMILES string of the molecule is CC(CC1CC1)NCCc1ccccc1Br. The maximum Gasteiger partial charge on any atom is 0.0207 e. The molecule has 1 aromatic rings. The minimum atomic E-state index is 0.676. The molecular formula is C14H20BrN. The van der Waals surface area contributed by atoms with Crippen molar-refractivity contribution >= 4 is 15.9 Å². The lowest BCUT2D eigenvalue weighted by molar-refractivity contribution is 0.491. The van der Waals surface area contributed by atoms with E-state index in [4.69, 9.17) is 0 Å². The van der Waals surface area contributed by atoms with E-state index in [0.717, 1.165) is 18.9 Å². The monoisotopic (exact) mass is 281 g/mol. The second-order valence-corrected chi connectivity index (χ2v) is 5.73. The minimum Gasteiger partial charge on any atom is -0.314 e. The summed E-state index contributed by atoms with van der Waals surface area (Å²) in [4.78, 5) is 0. The van der Waals surface area contributed by atoms with E-state index >= 15 is 0 Å². The van der Waals surface area contributed by atoms with Crippen LogP contribution in [-0.2, 0) is 6.42 Å². The van der Waals surface area contributed by atoms with Crippen LogP contribution in [0.15, 0.2) is 28.7 Å². The van der Waals surface area contributed by atoms with Crippen LogP contribution in [0.3, 0.4) is 0 Å². The maximum atomic E-state index is 3.61. The van der Waals surface area contributed by atoms with Crippen molar-refractivity contribution in [2.75, 3.05) is 6.54 Å². The predicted octanol–water partition coefficient (Wildman–Crippen LogP) is 3.77. The first-order valence-electron chi connectivity index (χ1n) is 6.22. The van der Waals surface area contributed by atoms with Gasteiger partial charge in [0.15, 0.2) is 0 Å². The molecule has 1 aliphatic carbocycles. The molecule has 0 amide bonds. The van der Waals surface area contributed by atoms with E-state index in [9.17, 15) is 0 Å². The van der Waals surface area contributed by atoms with E-state index in [2.05, 4.69) is 52.4 Å². The molecule has 0 aliphatic heterocycles. The summed E-state index contributed by atoms with van der Waals surface area (Å²) in [5.74, 6) is 1.02. The molecule has 1 fully saturated rings. The molecule has 0 radical (unpaired) electrons. The molecule has 0 saturated heterocycles. The lowest BCUT2D eigenvalue weighted by Gasteiger charge is -2.13. The Balaban J connectivity index is 1.68. The maximum absolute atomic E-state index is 3.61. The zero-order valence-corrected chi connectivity index (χ0v) is 11.5. The van der Waals surface area contributed by atoms with Gasteiger partial charge < -0.3 is 5.32 Å².